The van der Waals surface area contributed by atoms with Gasteiger partial charge in [0.25, 0.3) is 0 Å². The van der Waals surface area contributed by atoms with Crippen molar-refractivity contribution in [3.8, 4) is 5.75 Å². The average molecular weight is 232 g/mol. The number of phenols is 1. The van der Waals surface area contributed by atoms with Crippen LogP contribution < -0.4 is 10.4 Å². The Morgan fingerprint density at radius 2 is 1.94 bits per heavy atom. The van der Waals surface area contributed by atoms with Crippen LogP contribution in [0.15, 0.2) is 24.3 Å². The third-order valence-corrected chi connectivity index (χ3v) is 3.77. The van der Waals surface area contributed by atoms with Crippen LogP contribution in [-0.2, 0) is 4.79 Å². The molecule has 1 amide bonds. The van der Waals surface area contributed by atoms with Gasteiger partial charge in [-0.3, -0.25) is 4.79 Å². The van der Waals surface area contributed by atoms with Gasteiger partial charge in [-0.1, -0.05) is 6.42 Å². The second kappa shape index (κ2) is 4.04. The van der Waals surface area contributed by atoms with Crippen molar-refractivity contribution in [2.24, 2.45) is 5.92 Å². The number of anilines is 1. The highest BCUT2D eigenvalue weighted by molar-refractivity contribution is 5.95. The molecule has 1 aromatic carbocycles. The normalized spacial score (nSPS) is 25.1. The molecule has 1 atom stereocenters. The van der Waals surface area contributed by atoms with Gasteiger partial charge in [0.1, 0.15) is 5.75 Å². The first-order valence-corrected chi connectivity index (χ1v) is 6.12. The highest BCUT2D eigenvalue weighted by Crippen LogP contribution is 2.34. The summed E-state index contributed by atoms with van der Waals surface area (Å²) in [6, 6.07) is 7.00. The van der Waals surface area contributed by atoms with Crippen LogP contribution in [-0.4, -0.2) is 17.1 Å². The Balaban J connectivity index is 1.75. The van der Waals surface area contributed by atoms with Gasteiger partial charge in [0.05, 0.1) is 5.69 Å². The highest BCUT2D eigenvalue weighted by Gasteiger charge is 2.37. The lowest BCUT2D eigenvalue weighted by Crippen LogP contribution is -2.42. The molecule has 0 spiro atoms. The van der Waals surface area contributed by atoms with Crippen molar-refractivity contribution in [1.82, 2.24) is 5.43 Å². The molecule has 1 saturated heterocycles. The van der Waals surface area contributed by atoms with Crippen LogP contribution in [0.25, 0.3) is 0 Å². The molecule has 1 unspecified atom stereocenters. The minimum Gasteiger partial charge on any atom is -0.508 e. The highest BCUT2D eigenvalue weighted by atomic mass is 16.3. The van der Waals surface area contributed by atoms with E-state index in [0.717, 1.165) is 5.69 Å². The summed E-state index contributed by atoms with van der Waals surface area (Å²) in [5.41, 5.74) is 4.08. The first kappa shape index (κ1) is 10.6. The summed E-state index contributed by atoms with van der Waals surface area (Å²) in [6.45, 7) is 0. The average Bonchev–Trinajstić information content (AvgIpc) is 2.59. The third-order valence-electron chi connectivity index (χ3n) is 3.77. The Morgan fingerprint density at radius 3 is 2.53 bits per heavy atom. The van der Waals surface area contributed by atoms with E-state index in [2.05, 4.69) is 5.43 Å². The minimum atomic E-state index is 0.118. The van der Waals surface area contributed by atoms with E-state index in [4.69, 9.17) is 0 Å². The van der Waals surface area contributed by atoms with E-state index in [1.165, 1.54) is 19.3 Å². The second-order valence-electron chi connectivity index (χ2n) is 4.88. The lowest BCUT2D eigenvalue weighted by atomic mass is 9.79. The van der Waals surface area contributed by atoms with E-state index in [1.807, 2.05) is 0 Å². The van der Waals surface area contributed by atoms with Crippen LogP contribution in [0.4, 0.5) is 5.69 Å². The predicted molar refractivity (Wildman–Crippen MR) is 64.5 cm³/mol. The zero-order chi connectivity index (χ0) is 11.8. The van der Waals surface area contributed by atoms with E-state index >= 15 is 0 Å². The molecule has 0 bridgehead atoms. The van der Waals surface area contributed by atoms with Crippen LogP contribution in [0.5, 0.6) is 5.75 Å². The van der Waals surface area contributed by atoms with Crippen molar-refractivity contribution in [2.45, 2.75) is 31.7 Å². The lowest BCUT2D eigenvalue weighted by molar-refractivity contribution is -0.117. The lowest BCUT2D eigenvalue weighted by Gasteiger charge is -2.31. The number of nitrogens with zero attached hydrogens (tertiary/aromatic N) is 1. The molecule has 17 heavy (non-hydrogen) atoms. The van der Waals surface area contributed by atoms with Crippen molar-refractivity contribution in [3.05, 3.63) is 24.3 Å². The van der Waals surface area contributed by atoms with Crippen molar-refractivity contribution < 1.29 is 9.90 Å². The summed E-state index contributed by atoms with van der Waals surface area (Å²) in [4.78, 5) is 11.9. The van der Waals surface area contributed by atoms with Crippen LogP contribution in [0.3, 0.4) is 0 Å². The van der Waals surface area contributed by atoms with Gasteiger partial charge in [0.15, 0.2) is 0 Å². The van der Waals surface area contributed by atoms with E-state index < -0.39 is 0 Å². The van der Waals surface area contributed by atoms with Crippen molar-refractivity contribution >= 4 is 11.6 Å². The van der Waals surface area contributed by atoms with E-state index in [-0.39, 0.29) is 11.7 Å². The van der Waals surface area contributed by atoms with Crippen LogP contribution in [0.2, 0.25) is 0 Å². The van der Waals surface area contributed by atoms with Gasteiger partial charge in [-0.25, -0.2) is 10.4 Å². The first-order chi connectivity index (χ1) is 8.24. The second-order valence-corrected chi connectivity index (χ2v) is 4.88. The maximum atomic E-state index is 11.9. The number of phenolic OH excluding ortho intramolecular Hbond substituents is 1. The molecule has 1 heterocycles. The Labute approximate surface area is 100 Å². The maximum Gasteiger partial charge on any atom is 0.243 e. The molecule has 2 aliphatic rings. The van der Waals surface area contributed by atoms with Crippen molar-refractivity contribution in [2.75, 3.05) is 5.01 Å². The molecule has 4 nitrogen and oxygen atoms in total. The number of aromatic hydroxyl groups is 1. The molecule has 2 N–H and O–H groups in total. The minimum absolute atomic E-state index is 0.118. The smallest absolute Gasteiger partial charge is 0.243 e. The predicted octanol–water partition coefficient (Wildman–Crippen LogP) is 1.80. The van der Waals surface area contributed by atoms with Gasteiger partial charge in [-0.15, -0.1) is 0 Å². The standard InChI is InChI=1S/C13H16N2O2/c16-11-6-4-10(5-7-11)15-13(17)8-12(14-15)9-2-1-3-9/h4-7,9,12,14,16H,1-3,8H2. The SMILES string of the molecule is O=C1CC(C2CCC2)NN1c1ccc(O)cc1. The number of nitrogens with one attached hydrogen (secondary N) is 1. The summed E-state index contributed by atoms with van der Waals surface area (Å²) in [6.07, 6.45) is 4.34. The fourth-order valence-electron chi connectivity index (χ4n) is 2.50. The topological polar surface area (TPSA) is 52.6 Å². The van der Waals surface area contributed by atoms with Gasteiger partial charge in [0, 0.05) is 12.5 Å². The fourth-order valence-corrected chi connectivity index (χ4v) is 2.50. The molecule has 1 aliphatic heterocycles. The number of rotatable bonds is 2. The third kappa shape index (κ3) is 1.89. The van der Waals surface area contributed by atoms with Gasteiger partial charge in [-0.05, 0) is 43.0 Å². The van der Waals surface area contributed by atoms with Crippen molar-refractivity contribution in [1.29, 1.82) is 0 Å². The molecule has 1 aromatic rings. The molecular weight excluding hydrogens is 216 g/mol. The quantitative estimate of drug-likeness (QED) is 0.817. The maximum absolute atomic E-state index is 11.9. The van der Waals surface area contributed by atoms with E-state index in [1.54, 1.807) is 29.3 Å². The van der Waals surface area contributed by atoms with Gasteiger partial charge < -0.3 is 5.11 Å². The number of carbonyl (C=O) groups excluding carboxylic acids is 1. The van der Waals surface area contributed by atoms with Gasteiger partial charge >= 0.3 is 0 Å². The molecule has 2 fully saturated rings. The number of hydrogen-bond acceptors (Lipinski definition) is 3. The Hall–Kier alpha value is -1.55. The number of benzene rings is 1. The molecule has 0 radical (unpaired) electrons. The Bertz CT molecular complexity index is 426. The Kier molecular flexibility index (Phi) is 2.52. The molecule has 1 saturated carbocycles. The summed E-state index contributed by atoms with van der Waals surface area (Å²) < 4.78 is 0. The van der Waals surface area contributed by atoms with Crippen LogP contribution in [0.1, 0.15) is 25.7 Å². The number of carbonyl (C=O) groups is 1. The fraction of sp³-hybridized carbons (Fsp3) is 0.462. The van der Waals surface area contributed by atoms with Gasteiger partial charge in [0.2, 0.25) is 5.91 Å². The van der Waals surface area contributed by atoms with Crippen molar-refractivity contribution in [3.63, 3.8) is 0 Å². The first-order valence-electron chi connectivity index (χ1n) is 6.12. The van der Waals surface area contributed by atoms with Crippen LogP contribution >= 0.6 is 0 Å². The van der Waals surface area contributed by atoms with Gasteiger partial charge in [-0.2, -0.15) is 0 Å². The molecule has 4 heteroatoms. The number of hydrazine groups is 1. The summed E-state index contributed by atoms with van der Waals surface area (Å²) in [5.74, 6) is 0.990. The summed E-state index contributed by atoms with van der Waals surface area (Å²) >= 11 is 0. The van der Waals surface area contributed by atoms with E-state index in [9.17, 15) is 9.90 Å². The summed E-state index contributed by atoms with van der Waals surface area (Å²) in [5, 5.41) is 10.8. The Morgan fingerprint density at radius 1 is 1.24 bits per heavy atom. The van der Waals surface area contributed by atoms with Crippen LogP contribution in [0, 0.1) is 5.92 Å². The zero-order valence-electron chi connectivity index (χ0n) is 9.60. The zero-order valence-corrected chi connectivity index (χ0v) is 9.60. The number of hydrogen-bond donors (Lipinski definition) is 2. The largest absolute Gasteiger partial charge is 0.508 e. The van der Waals surface area contributed by atoms with E-state index in [0.29, 0.717) is 18.4 Å². The summed E-state index contributed by atoms with van der Waals surface area (Å²) in [7, 11) is 0. The molecule has 0 aromatic heterocycles. The molecular formula is C13H16N2O2. The molecule has 1 aliphatic carbocycles. The molecule has 3 rings (SSSR count). The number of amides is 1. The monoisotopic (exact) mass is 232 g/mol. The molecule has 90 valence electrons.